The number of anilines is 3. The maximum atomic E-state index is 4.50. The minimum absolute atomic E-state index is 0.639. The second-order valence-electron chi connectivity index (χ2n) is 5.01. The van der Waals surface area contributed by atoms with Gasteiger partial charge >= 0.3 is 0 Å². The highest BCUT2D eigenvalue weighted by Crippen LogP contribution is 2.23. The van der Waals surface area contributed by atoms with Gasteiger partial charge in [0.15, 0.2) is 5.82 Å². The van der Waals surface area contributed by atoms with Gasteiger partial charge in [0.25, 0.3) is 0 Å². The molecule has 0 unspecified atom stereocenters. The molecule has 5 nitrogen and oxygen atoms in total. The molecule has 0 aliphatic carbocycles. The van der Waals surface area contributed by atoms with Gasteiger partial charge in [-0.25, -0.2) is 0 Å². The van der Waals surface area contributed by atoms with Crippen molar-refractivity contribution in [3.63, 3.8) is 0 Å². The van der Waals surface area contributed by atoms with E-state index in [1.807, 2.05) is 24.1 Å². The lowest BCUT2D eigenvalue weighted by Crippen LogP contribution is -2.21. The zero-order valence-corrected chi connectivity index (χ0v) is 14.2. The molecule has 6 heteroatoms. The van der Waals surface area contributed by atoms with Crippen molar-refractivity contribution in [2.24, 2.45) is 0 Å². The largest absolute Gasteiger partial charge is 0.343 e. The SMILES string of the molecule is CCCCN(C)c1nncc(Nc2ccc(C)c(Br)c2)n1. The van der Waals surface area contributed by atoms with Crippen molar-refractivity contribution >= 4 is 33.4 Å². The molecule has 1 aromatic carbocycles. The number of unbranched alkanes of at least 4 members (excludes halogenated alkanes) is 1. The maximum Gasteiger partial charge on any atom is 0.247 e. The average molecular weight is 350 g/mol. The summed E-state index contributed by atoms with van der Waals surface area (Å²) < 4.78 is 1.06. The fourth-order valence-corrected chi connectivity index (χ4v) is 2.21. The van der Waals surface area contributed by atoms with E-state index in [0.717, 1.165) is 29.5 Å². The predicted octanol–water partition coefficient (Wildman–Crippen LogP) is 3.92. The minimum atomic E-state index is 0.639. The zero-order chi connectivity index (χ0) is 15.2. The first-order valence-electron chi connectivity index (χ1n) is 7.04. The van der Waals surface area contributed by atoms with Crippen LogP contribution in [0.15, 0.2) is 28.9 Å². The van der Waals surface area contributed by atoms with E-state index in [1.165, 1.54) is 5.56 Å². The van der Waals surface area contributed by atoms with Crippen LogP contribution in [0.2, 0.25) is 0 Å². The zero-order valence-electron chi connectivity index (χ0n) is 12.6. The lowest BCUT2D eigenvalue weighted by Gasteiger charge is -2.16. The standard InChI is InChI=1S/C15H20BrN5/c1-4-5-8-21(3)15-19-14(10-17-20-15)18-12-7-6-11(2)13(16)9-12/h6-7,9-10H,4-5,8H2,1-3H3,(H,18,19,20). The summed E-state index contributed by atoms with van der Waals surface area (Å²) in [7, 11) is 1.99. The first-order chi connectivity index (χ1) is 10.1. The number of nitrogens with zero attached hydrogens (tertiary/aromatic N) is 4. The van der Waals surface area contributed by atoms with Gasteiger partial charge in [0.1, 0.15) is 0 Å². The number of aromatic nitrogens is 3. The second kappa shape index (κ2) is 7.36. The lowest BCUT2D eigenvalue weighted by molar-refractivity contribution is 0.741. The Kier molecular flexibility index (Phi) is 5.50. The van der Waals surface area contributed by atoms with Crippen LogP contribution in [0.3, 0.4) is 0 Å². The monoisotopic (exact) mass is 349 g/mol. The van der Waals surface area contributed by atoms with Crippen molar-refractivity contribution < 1.29 is 0 Å². The van der Waals surface area contributed by atoms with Gasteiger partial charge in [-0.1, -0.05) is 35.3 Å². The normalized spacial score (nSPS) is 10.5. The molecule has 2 aromatic rings. The van der Waals surface area contributed by atoms with Gasteiger partial charge < -0.3 is 10.2 Å². The highest BCUT2D eigenvalue weighted by molar-refractivity contribution is 9.10. The van der Waals surface area contributed by atoms with Crippen molar-refractivity contribution in [2.45, 2.75) is 26.7 Å². The molecule has 0 aliphatic rings. The predicted molar refractivity (Wildman–Crippen MR) is 90.2 cm³/mol. The Morgan fingerprint density at radius 2 is 2.14 bits per heavy atom. The van der Waals surface area contributed by atoms with Crippen molar-refractivity contribution in [2.75, 3.05) is 23.8 Å². The van der Waals surface area contributed by atoms with Crippen LogP contribution < -0.4 is 10.2 Å². The van der Waals surface area contributed by atoms with E-state index in [-0.39, 0.29) is 0 Å². The fraction of sp³-hybridized carbons (Fsp3) is 0.400. The Morgan fingerprint density at radius 1 is 1.33 bits per heavy atom. The second-order valence-corrected chi connectivity index (χ2v) is 5.86. The molecule has 0 bridgehead atoms. The van der Waals surface area contributed by atoms with Gasteiger partial charge in [-0.3, -0.25) is 0 Å². The molecule has 1 heterocycles. The smallest absolute Gasteiger partial charge is 0.247 e. The molecule has 0 fully saturated rings. The number of hydrogen-bond donors (Lipinski definition) is 1. The Hall–Kier alpha value is -1.69. The fourth-order valence-electron chi connectivity index (χ4n) is 1.83. The molecule has 0 spiro atoms. The molecule has 0 aliphatic heterocycles. The van der Waals surface area contributed by atoms with Crippen molar-refractivity contribution in [3.8, 4) is 0 Å². The number of benzene rings is 1. The quantitative estimate of drug-likeness (QED) is 0.856. The van der Waals surface area contributed by atoms with Gasteiger partial charge in [-0.15, -0.1) is 5.10 Å². The average Bonchev–Trinajstić information content (AvgIpc) is 2.49. The summed E-state index contributed by atoms with van der Waals surface area (Å²) >= 11 is 3.53. The lowest BCUT2D eigenvalue weighted by atomic mass is 10.2. The molecule has 112 valence electrons. The van der Waals surface area contributed by atoms with Crippen LogP contribution in [0.5, 0.6) is 0 Å². The van der Waals surface area contributed by atoms with E-state index in [0.29, 0.717) is 11.8 Å². The van der Waals surface area contributed by atoms with Crippen LogP contribution in [0.1, 0.15) is 25.3 Å². The Bertz CT molecular complexity index is 602. The Balaban J connectivity index is 2.11. The molecular formula is C15H20BrN5. The summed E-state index contributed by atoms with van der Waals surface area (Å²) in [5.74, 6) is 1.33. The highest BCUT2D eigenvalue weighted by atomic mass is 79.9. The molecule has 2 rings (SSSR count). The Labute approximate surface area is 133 Å². The molecule has 21 heavy (non-hydrogen) atoms. The van der Waals surface area contributed by atoms with Crippen LogP contribution in [0.25, 0.3) is 0 Å². The van der Waals surface area contributed by atoms with Crippen LogP contribution in [0, 0.1) is 6.92 Å². The molecule has 0 amide bonds. The van der Waals surface area contributed by atoms with Crippen molar-refractivity contribution in [1.29, 1.82) is 0 Å². The molecular weight excluding hydrogens is 330 g/mol. The van der Waals surface area contributed by atoms with E-state index in [9.17, 15) is 0 Å². The number of hydrogen-bond acceptors (Lipinski definition) is 5. The topological polar surface area (TPSA) is 53.9 Å². The van der Waals surface area contributed by atoms with Gasteiger partial charge in [0.05, 0.1) is 6.20 Å². The number of halogens is 1. The third-order valence-corrected chi connectivity index (χ3v) is 4.03. The van der Waals surface area contributed by atoms with Crippen LogP contribution in [-0.4, -0.2) is 28.8 Å². The summed E-state index contributed by atoms with van der Waals surface area (Å²) in [6.07, 6.45) is 3.89. The van der Waals surface area contributed by atoms with E-state index in [1.54, 1.807) is 6.20 Å². The molecule has 0 atom stereocenters. The molecule has 1 N–H and O–H groups in total. The molecule has 0 radical (unpaired) electrons. The number of aryl methyl sites for hydroxylation is 1. The highest BCUT2D eigenvalue weighted by Gasteiger charge is 2.06. The Morgan fingerprint density at radius 3 is 2.86 bits per heavy atom. The number of nitrogens with one attached hydrogen (secondary N) is 1. The van der Waals surface area contributed by atoms with Gasteiger partial charge in [0, 0.05) is 23.8 Å². The maximum absolute atomic E-state index is 4.50. The van der Waals surface area contributed by atoms with Gasteiger partial charge in [-0.2, -0.15) is 10.1 Å². The molecule has 0 saturated heterocycles. The summed E-state index contributed by atoms with van der Waals surface area (Å²) in [5, 5.41) is 11.4. The van der Waals surface area contributed by atoms with Crippen LogP contribution in [0.4, 0.5) is 17.5 Å². The van der Waals surface area contributed by atoms with Gasteiger partial charge in [-0.05, 0) is 31.0 Å². The summed E-state index contributed by atoms with van der Waals surface area (Å²) in [6, 6.07) is 6.09. The summed E-state index contributed by atoms with van der Waals surface area (Å²) in [5.41, 5.74) is 2.16. The van der Waals surface area contributed by atoms with Gasteiger partial charge in [0.2, 0.25) is 5.95 Å². The van der Waals surface area contributed by atoms with E-state index in [2.05, 4.69) is 56.3 Å². The first kappa shape index (κ1) is 15.7. The summed E-state index contributed by atoms with van der Waals surface area (Å²) in [6.45, 7) is 5.15. The summed E-state index contributed by atoms with van der Waals surface area (Å²) in [4.78, 5) is 6.52. The van der Waals surface area contributed by atoms with Crippen LogP contribution >= 0.6 is 15.9 Å². The first-order valence-corrected chi connectivity index (χ1v) is 7.83. The third-order valence-electron chi connectivity index (χ3n) is 3.18. The van der Waals surface area contributed by atoms with E-state index in [4.69, 9.17) is 0 Å². The van der Waals surface area contributed by atoms with Crippen LogP contribution in [-0.2, 0) is 0 Å². The van der Waals surface area contributed by atoms with Crippen molar-refractivity contribution in [1.82, 2.24) is 15.2 Å². The van der Waals surface area contributed by atoms with E-state index < -0.39 is 0 Å². The number of rotatable bonds is 6. The van der Waals surface area contributed by atoms with Crippen molar-refractivity contribution in [3.05, 3.63) is 34.4 Å². The molecule has 1 aromatic heterocycles. The third kappa shape index (κ3) is 4.39. The van der Waals surface area contributed by atoms with E-state index >= 15 is 0 Å². The molecule has 0 saturated carbocycles. The minimum Gasteiger partial charge on any atom is -0.343 e.